The summed E-state index contributed by atoms with van der Waals surface area (Å²) < 4.78 is 9.41. The summed E-state index contributed by atoms with van der Waals surface area (Å²) in [5.41, 5.74) is 3.19. The summed E-state index contributed by atoms with van der Waals surface area (Å²) in [6.45, 7) is 6.03. The molecule has 142 valence electrons. The van der Waals surface area contributed by atoms with E-state index < -0.39 is 5.91 Å². The molecule has 2 heterocycles. The van der Waals surface area contributed by atoms with Gasteiger partial charge >= 0.3 is 5.97 Å². The maximum absolute atomic E-state index is 12.6. The maximum atomic E-state index is 12.6. The number of rotatable bonds is 5. The first kappa shape index (κ1) is 19.0. The van der Waals surface area contributed by atoms with E-state index in [2.05, 4.69) is 23.1 Å². The quantitative estimate of drug-likeness (QED) is 0.632. The van der Waals surface area contributed by atoms with E-state index in [-0.39, 0.29) is 18.2 Å². The molecule has 0 aliphatic carbocycles. The van der Waals surface area contributed by atoms with E-state index in [1.54, 1.807) is 29.3 Å². The SMILES string of the molecule is CCOC(=O)Cn1c(=NC(=O)c2cc(C)n(C)n2)sc2cc(CC)ccc21. The number of fused-ring (bicyclic) bond motifs is 1. The smallest absolute Gasteiger partial charge is 0.326 e. The summed E-state index contributed by atoms with van der Waals surface area (Å²) in [5, 5.41) is 4.18. The largest absolute Gasteiger partial charge is 0.465 e. The van der Waals surface area contributed by atoms with E-state index in [0.29, 0.717) is 11.4 Å². The molecule has 0 saturated carbocycles. The van der Waals surface area contributed by atoms with Crippen LogP contribution < -0.4 is 4.80 Å². The minimum atomic E-state index is -0.432. The van der Waals surface area contributed by atoms with Crippen molar-refractivity contribution in [3.8, 4) is 0 Å². The van der Waals surface area contributed by atoms with E-state index in [1.165, 1.54) is 16.9 Å². The van der Waals surface area contributed by atoms with Crippen molar-refractivity contribution in [1.82, 2.24) is 14.3 Å². The van der Waals surface area contributed by atoms with E-state index in [4.69, 9.17) is 4.74 Å². The molecule has 0 aliphatic heterocycles. The fourth-order valence-electron chi connectivity index (χ4n) is 2.72. The van der Waals surface area contributed by atoms with E-state index in [0.717, 1.165) is 22.3 Å². The number of hydrogen-bond acceptors (Lipinski definition) is 5. The van der Waals surface area contributed by atoms with Crippen LogP contribution in [0.3, 0.4) is 0 Å². The standard InChI is InChI=1S/C19H22N4O3S/c1-5-13-7-8-15-16(10-13)27-19(23(15)11-17(24)26-6-2)20-18(25)14-9-12(3)22(4)21-14/h7-10H,5-6,11H2,1-4H3. The molecule has 0 atom stereocenters. The molecule has 0 bridgehead atoms. The number of ether oxygens (including phenoxy) is 1. The predicted octanol–water partition coefficient (Wildman–Crippen LogP) is 2.61. The zero-order valence-electron chi connectivity index (χ0n) is 15.9. The molecular weight excluding hydrogens is 364 g/mol. The van der Waals surface area contributed by atoms with Gasteiger partial charge in [-0.15, -0.1) is 0 Å². The van der Waals surface area contributed by atoms with Crippen LogP contribution in [0.2, 0.25) is 0 Å². The molecule has 8 heteroatoms. The average molecular weight is 386 g/mol. The van der Waals surface area contributed by atoms with E-state index in [1.807, 2.05) is 19.1 Å². The highest BCUT2D eigenvalue weighted by Crippen LogP contribution is 2.20. The summed E-state index contributed by atoms with van der Waals surface area (Å²) in [6, 6.07) is 7.74. The monoisotopic (exact) mass is 386 g/mol. The Kier molecular flexibility index (Phi) is 5.55. The summed E-state index contributed by atoms with van der Waals surface area (Å²) in [4.78, 5) is 29.3. The molecule has 0 saturated heterocycles. The molecule has 3 aromatic rings. The van der Waals surface area contributed by atoms with Gasteiger partial charge in [0.05, 0.1) is 16.8 Å². The Morgan fingerprint density at radius 1 is 1.26 bits per heavy atom. The zero-order valence-corrected chi connectivity index (χ0v) is 16.7. The van der Waals surface area contributed by atoms with Crippen LogP contribution in [0.4, 0.5) is 0 Å². The number of carbonyl (C=O) groups is 2. The fraction of sp³-hybridized carbons (Fsp3) is 0.368. The van der Waals surface area contributed by atoms with Crippen molar-refractivity contribution in [1.29, 1.82) is 0 Å². The molecule has 0 spiro atoms. The van der Waals surface area contributed by atoms with Crippen LogP contribution in [0, 0.1) is 6.92 Å². The second-order valence-corrected chi connectivity index (χ2v) is 7.15. The highest BCUT2D eigenvalue weighted by molar-refractivity contribution is 7.16. The van der Waals surface area contributed by atoms with Crippen LogP contribution in [0.5, 0.6) is 0 Å². The van der Waals surface area contributed by atoms with Crippen molar-refractivity contribution in [2.75, 3.05) is 6.61 Å². The number of hydrogen-bond donors (Lipinski definition) is 0. The Morgan fingerprint density at radius 3 is 2.67 bits per heavy atom. The van der Waals surface area contributed by atoms with Gasteiger partial charge in [-0.2, -0.15) is 10.1 Å². The van der Waals surface area contributed by atoms with Gasteiger partial charge in [0.15, 0.2) is 10.5 Å². The normalized spacial score (nSPS) is 11.9. The van der Waals surface area contributed by atoms with Crippen LogP contribution >= 0.6 is 11.3 Å². The van der Waals surface area contributed by atoms with Gasteiger partial charge in [0, 0.05) is 12.7 Å². The molecular formula is C19H22N4O3S. The number of thiazole rings is 1. The molecule has 2 aromatic heterocycles. The molecule has 0 aliphatic rings. The van der Waals surface area contributed by atoms with Crippen molar-refractivity contribution in [3.63, 3.8) is 0 Å². The van der Waals surface area contributed by atoms with Gasteiger partial charge < -0.3 is 9.30 Å². The number of aryl methyl sites for hydroxylation is 3. The predicted molar refractivity (Wildman–Crippen MR) is 104 cm³/mol. The molecule has 0 N–H and O–H groups in total. The number of benzene rings is 1. The van der Waals surface area contributed by atoms with Gasteiger partial charge in [-0.1, -0.05) is 24.3 Å². The third kappa shape index (κ3) is 4.00. The molecule has 0 radical (unpaired) electrons. The van der Waals surface area contributed by atoms with Crippen LogP contribution in [-0.2, 0) is 29.5 Å². The summed E-state index contributed by atoms with van der Waals surface area (Å²) in [5.74, 6) is -0.794. The van der Waals surface area contributed by atoms with Crippen molar-refractivity contribution in [2.45, 2.75) is 33.7 Å². The van der Waals surface area contributed by atoms with Gasteiger partial charge in [-0.3, -0.25) is 14.3 Å². The number of esters is 1. The van der Waals surface area contributed by atoms with Gasteiger partial charge in [0.2, 0.25) is 0 Å². The minimum Gasteiger partial charge on any atom is -0.465 e. The van der Waals surface area contributed by atoms with Crippen molar-refractivity contribution in [3.05, 3.63) is 46.0 Å². The zero-order chi connectivity index (χ0) is 19.6. The summed E-state index contributed by atoms with van der Waals surface area (Å²) in [6.07, 6.45) is 0.907. The van der Waals surface area contributed by atoms with Gasteiger partial charge in [-0.25, -0.2) is 0 Å². The highest BCUT2D eigenvalue weighted by Gasteiger charge is 2.15. The maximum Gasteiger partial charge on any atom is 0.326 e. The van der Waals surface area contributed by atoms with Crippen LogP contribution in [0.1, 0.15) is 35.6 Å². The second-order valence-electron chi connectivity index (χ2n) is 6.14. The lowest BCUT2D eigenvalue weighted by Crippen LogP contribution is -2.23. The Morgan fingerprint density at radius 2 is 2.04 bits per heavy atom. The molecule has 1 aromatic carbocycles. The van der Waals surface area contributed by atoms with E-state index in [9.17, 15) is 9.59 Å². The van der Waals surface area contributed by atoms with Crippen LogP contribution in [-0.4, -0.2) is 32.8 Å². The topological polar surface area (TPSA) is 78.5 Å². The third-order valence-corrected chi connectivity index (χ3v) is 5.32. The fourth-order valence-corrected chi connectivity index (χ4v) is 3.81. The van der Waals surface area contributed by atoms with Crippen molar-refractivity contribution >= 4 is 33.4 Å². The Bertz CT molecular complexity index is 1050. The molecule has 1 amide bonds. The lowest BCUT2D eigenvalue weighted by Gasteiger charge is -2.05. The first-order valence-corrected chi connectivity index (χ1v) is 9.62. The second kappa shape index (κ2) is 7.87. The molecule has 0 unspecified atom stereocenters. The Labute approximate surface area is 160 Å². The molecule has 7 nitrogen and oxygen atoms in total. The van der Waals surface area contributed by atoms with Crippen LogP contribution in [0.15, 0.2) is 29.3 Å². The summed E-state index contributed by atoms with van der Waals surface area (Å²) in [7, 11) is 1.78. The first-order valence-electron chi connectivity index (χ1n) is 8.80. The van der Waals surface area contributed by atoms with Gasteiger partial charge in [-0.05, 0) is 44.0 Å². The molecule has 3 rings (SSSR count). The van der Waals surface area contributed by atoms with Gasteiger partial charge in [0.25, 0.3) is 5.91 Å². The van der Waals surface area contributed by atoms with E-state index >= 15 is 0 Å². The Balaban J connectivity index is 2.11. The number of carbonyl (C=O) groups excluding carboxylic acids is 2. The van der Waals surface area contributed by atoms with Crippen molar-refractivity contribution in [2.24, 2.45) is 12.0 Å². The highest BCUT2D eigenvalue weighted by atomic mass is 32.1. The minimum absolute atomic E-state index is 0.00662. The van der Waals surface area contributed by atoms with Crippen LogP contribution in [0.25, 0.3) is 10.2 Å². The number of nitrogens with zero attached hydrogens (tertiary/aromatic N) is 4. The number of aromatic nitrogens is 3. The summed E-state index contributed by atoms with van der Waals surface area (Å²) >= 11 is 1.38. The first-order chi connectivity index (χ1) is 12.9. The average Bonchev–Trinajstić information content (AvgIpc) is 3.15. The molecule has 0 fully saturated rings. The Hall–Kier alpha value is -2.74. The molecule has 27 heavy (non-hydrogen) atoms. The van der Waals surface area contributed by atoms with Gasteiger partial charge in [0.1, 0.15) is 6.54 Å². The lowest BCUT2D eigenvalue weighted by atomic mass is 10.2. The third-order valence-electron chi connectivity index (χ3n) is 4.28. The van der Waals surface area contributed by atoms with Crippen molar-refractivity contribution < 1.29 is 14.3 Å². The lowest BCUT2D eigenvalue weighted by molar-refractivity contribution is -0.143. The number of amides is 1.